The molecule has 1 aromatic heterocycles. The largest absolute Gasteiger partial charge is 0.493 e. The van der Waals surface area contributed by atoms with E-state index in [1.807, 2.05) is 62.4 Å². The predicted molar refractivity (Wildman–Crippen MR) is 97.3 cm³/mol. The Kier molecular flexibility index (Phi) is 4.63. The van der Waals surface area contributed by atoms with Crippen LogP contribution in [-0.2, 0) is 0 Å². The van der Waals surface area contributed by atoms with Crippen molar-refractivity contribution >= 4 is 33.7 Å². The van der Waals surface area contributed by atoms with Crippen LogP contribution in [0.15, 0.2) is 42.5 Å². The third-order valence-corrected chi connectivity index (χ3v) is 4.30. The Hall–Kier alpha value is -2.33. The molecule has 1 heterocycles. The van der Waals surface area contributed by atoms with Gasteiger partial charge in [-0.3, -0.25) is 0 Å². The summed E-state index contributed by atoms with van der Waals surface area (Å²) in [4.78, 5) is 4.62. The number of rotatable bonds is 5. The smallest absolute Gasteiger partial charge is 0.168 e. The van der Waals surface area contributed by atoms with Crippen LogP contribution in [-0.4, -0.2) is 18.2 Å². The fourth-order valence-electron chi connectivity index (χ4n) is 2.31. The molecule has 3 nitrogen and oxygen atoms in total. The van der Waals surface area contributed by atoms with Gasteiger partial charge in [-0.1, -0.05) is 24.3 Å². The highest BCUT2D eigenvalue weighted by Crippen LogP contribution is 2.33. The van der Waals surface area contributed by atoms with E-state index in [2.05, 4.69) is 11.1 Å². The monoisotopic (exact) mass is 325 g/mol. The van der Waals surface area contributed by atoms with E-state index < -0.39 is 0 Å². The number of para-hydroxylation sites is 2. The average Bonchev–Trinajstić information content (AvgIpc) is 2.96. The standard InChI is InChI=1S/C19H19NO2S/c1-13(2)22-19-14(7-6-9-16(19)21-3)11-12-18-20-15-8-4-5-10-17(15)23-18/h4-13H,1-3H3. The highest BCUT2D eigenvalue weighted by Gasteiger charge is 2.10. The van der Waals surface area contributed by atoms with Crippen molar-refractivity contribution in [2.75, 3.05) is 7.11 Å². The first kappa shape index (κ1) is 15.6. The number of aromatic nitrogens is 1. The normalized spacial score (nSPS) is 11.5. The molecule has 4 heteroatoms. The summed E-state index contributed by atoms with van der Waals surface area (Å²) in [5.74, 6) is 1.51. The fourth-order valence-corrected chi connectivity index (χ4v) is 3.18. The first-order valence-electron chi connectivity index (χ1n) is 7.54. The molecule has 0 bridgehead atoms. The van der Waals surface area contributed by atoms with Gasteiger partial charge in [0.15, 0.2) is 11.5 Å². The lowest BCUT2D eigenvalue weighted by Gasteiger charge is -2.15. The van der Waals surface area contributed by atoms with Gasteiger partial charge in [-0.2, -0.15) is 0 Å². The summed E-state index contributed by atoms with van der Waals surface area (Å²) >= 11 is 1.68. The zero-order valence-corrected chi connectivity index (χ0v) is 14.3. The lowest BCUT2D eigenvalue weighted by Crippen LogP contribution is -2.07. The van der Waals surface area contributed by atoms with Gasteiger partial charge in [0, 0.05) is 5.56 Å². The van der Waals surface area contributed by atoms with Crippen LogP contribution in [0.25, 0.3) is 22.4 Å². The molecule has 0 aliphatic carbocycles. The van der Waals surface area contributed by atoms with Crippen molar-refractivity contribution in [3.05, 3.63) is 53.0 Å². The van der Waals surface area contributed by atoms with Gasteiger partial charge in [0.1, 0.15) is 5.01 Å². The van der Waals surface area contributed by atoms with Gasteiger partial charge in [0.05, 0.1) is 23.4 Å². The molecule has 0 unspecified atom stereocenters. The number of fused-ring (bicyclic) bond motifs is 1. The number of nitrogens with zero attached hydrogens (tertiary/aromatic N) is 1. The molecule has 118 valence electrons. The molecule has 0 radical (unpaired) electrons. The highest BCUT2D eigenvalue weighted by molar-refractivity contribution is 7.19. The first-order valence-corrected chi connectivity index (χ1v) is 8.36. The molecule has 0 aliphatic heterocycles. The number of hydrogen-bond acceptors (Lipinski definition) is 4. The molecule has 0 saturated heterocycles. The van der Waals surface area contributed by atoms with Gasteiger partial charge in [-0.05, 0) is 44.2 Å². The lowest BCUT2D eigenvalue weighted by molar-refractivity contribution is 0.229. The summed E-state index contributed by atoms with van der Waals surface area (Å²) in [6, 6.07) is 14.0. The van der Waals surface area contributed by atoms with Gasteiger partial charge in [-0.25, -0.2) is 4.98 Å². The molecule has 0 spiro atoms. The molecular formula is C19H19NO2S. The van der Waals surface area contributed by atoms with Gasteiger partial charge in [0.2, 0.25) is 0 Å². The Morgan fingerprint density at radius 3 is 2.61 bits per heavy atom. The molecule has 0 amide bonds. The summed E-state index contributed by atoms with van der Waals surface area (Å²) < 4.78 is 12.5. The molecule has 0 aliphatic rings. The molecular weight excluding hydrogens is 306 g/mol. The maximum absolute atomic E-state index is 5.92. The Morgan fingerprint density at radius 1 is 1.04 bits per heavy atom. The first-order chi connectivity index (χ1) is 11.2. The van der Waals surface area contributed by atoms with E-state index in [0.717, 1.165) is 27.6 Å². The fraction of sp³-hybridized carbons (Fsp3) is 0.211. The van der Waals surface area contributed by atoms with E-state index in [-0.39, 0.29) is 6.10 Å². The van der Waals surface area contributed by atoms with Crippen molar-refractivity contribution in [1.29, 1.82) is 0 Å². The second-order valence-corrected chi connectivity index (χ2v) is 6.46. The van der Waals surface area contributed by atoms with Crippen molar-refractivity contribution in [1.82, 2.24) is 4.98 Å². The van der Waals surface area contributed by atoms with Crippen LogP contribution in [0.5, 0.6) is 11.5 Å². The number of methoxy groups -OCH3 is 1. The SMILES string of the molecule is COc1cccc(C=Cc2nc3ccccc3s2)c1OC(C)C. The second kappa shape index (κ2) is 6.84. The zero-order valence-electron chi connectivity index (χ0n) is 13.4. The van der Waals surface area contributed by atoms with Gasteiger partial charge in [0.25, 0.3) is 0 Å². The van der Waals surface area contributed by atoms with E-state index in [0.29, 0.717) is 0 Å². The van der Waals surface area contributed by atoms with E-state index in [9.17, 15) is 0 Å². The zero-order chi connectivity index (χ0) is 16.2. The topological polar surface area (TPSA) is 31.4 Å². The second-order valence-electron chi connectivity index (χ2n) is 5.40. The molecule has 2 aromatic carbocycles. The third-order valence-electron chi connectivity index (χ3n) is 3.30. The van der Waals surface area contributed by atoms with Gasteiger partial charge >= 0.3 is 0 Å². The molecule has 0 fully saturated rings. The Labute approximate surface area is 140 Å². The summed E-state index contributed by atoms with van der Waals surface area (Å²) in [5, 5.41) is 0.976. The number of benzene rings is 2. The van der Waals surface area contributed by atoms with Crippen LogP contribution < -0.4 is 9.47 Å². The van der Waals surface area contributed by atoms with Crippen LogP contribution in [0.1, 0.15) is 24.4 Å². The number of ether oxygens (including phenoxy) is 2. The minimum atomic E-state index is 0.0842. The minimum absolute atomic E-state index is 0.0842. The van der Waals surface area contributed by atoms with Crippen LogP contribution >= 0.6 is 11.3 Å². The Balaban J connectivity index is 1.94. The highest BCUT2D eigenvalue weighted by atomic mass is 32.1. The maximum atomic E-state index is 5.92. The summed E-state index contributed by atoms with van der Waals surface area (Å²) in [6.07, 6.45) is 4.13. The van der Waals surface area contributed by atoms with Crippen LogP contribution in [0.4, 0.5) is 0 Å². The van der Waals surface area contributed by atoms with Crippen LogP contribution in [0.3, 0.4) is 0 Å². The Bertz CT molecular complexity index is 803. The van der Waals surface area contributed by atoms with Gasteiger partial charge in [-0.15, -0.1) is 11.3 Å². The third kappa shape index (κ3) is 3.54. The van der Waals surface area contributed by atoms with Crippen molar-refractivity contribution in [2.45, 2.75) is 20.0 Å². The van der Waals surface area contributed by atoms with Crippen LogP contribution in [0, 0.1) is 0 Å². The summed E-state index contributed by atoms with van der Waals surface area (Å²) in [7, 11) is 1.66. The molecule has 3 aromatic rings. The van der Waals surface area contributed by atoms with Crippen molar-refractivity contribution in [3.63, 3.8) is 0 Å². The number of thiazole rings is 1. The van der Waals surface area contributed by atoms with Gasteiger partial charge < -0.3 is 9.47 Å². The van der Waals surface area contributed by atoms with Crippen molar-refractivity contribution in [3.8, 4) is 11.5 Å². The van der Waals surface area contributed by atoms with E-state index in [1.165, 1.54) is 4.70 Å². The van der Waals surface area contributed by atoms with E-state index in [1.54, 1.807) is 18.4 Å². The Morgan fingerprint density at radius 2 is 1.87 bits per heavy atom. The summed E-state index contributed by atoms with van der Waals surface area (Å²) in [5.41, 5.74) is 2.01. The van der Waals surface area contributed by atoms with Crippen molar-refractivity contribution < 1.29 is 9.47 Å². The quantitative estimate of drug-likeness (QED) is 0.641. The van der Waals surface area contributed by atoms with Crippen LogP contribution in [0.2, 0.25) is 0 Å². The molecule has 0 saturated carbocycles. The van der Waals surface area contributed by atoms with E-state index in [4.69, 9.17) is 9.47 Å². The maximum Gasteiger partial charge on any atom is 0.168 e. The molecule has 0 atom stereocenters. The lowest BCUT2D eigenvalue weighted by atomic mass is 10.1. The van der Waals surface area contributed by atoms with Crippen molar-refractivity contribution in [2.24, 2.45) is 0 Å². The van der Waals surface area contributed by atoms with E-state index >= 15 is 0 Å². The predicted octanol–water partition coefficient (Wildman–Crippen LogP) is 5.26. The number of hydrogen-bond donors (Lipinski definition) is 0. The minimum Gasteiger partial charge on any atom is -0.493 e. The molecule has 3 rings (SSSR count). The molecule has 0 N–H and O–H groups in total. The summed E-state index contributed by atoms with van der Waals surface area (Å²) in [6.45, 7) is 4.01. The molecule has 23 heavy (non-hydrogen) atoms. The average molecular weight is 325 g/mol.